The maximum atomic E-state index is 11.9. The van der Waals surface area contributed by atoms with Crippen molar-refractivity contribution < 1.29 is 4.79 Å². The highest BCUT2D eigenvalue weighted by Gasteiger charge is 2.23. The number of aryl methyl sites for hydroxylation is 2. The lowest BCUT2D eigenvalue weighted by atomic mass is 10.1. The third kappa shape index (κ3) is 2.59. The molecule has 0 bridgehead atoms. The van der Waals surface area contributed by atoms with Gasteiger partial charge in [0, 0.05) is 5.69 Å². The number of benzene rings is 1. The molecule has 1 aromatic rings. The van der Waals surface area contributed by atoms with E-state index in [0.717, 1.165) is 29.8 Å². The lowest BCUT2D eigenvalue weighted by Gasteiger charge is -2.12. The van der Waals surface area contributed by atoms with Crippen LogP contribution in [-0.4, -0.2) is 16.9 Å². The van der Waals surface area contributed by atoms with Gasteiger partial charge in [0.2, 0.25) is 5.91 Å². The van der Waals surface area contributed by atoms with Crippen LogP contribution < -0.4 is 5.32 Å². The maximum Gasteiger partial charge on any atom is 0.237 e. The van der Waals surface area contributed by atoms with Crippen molar-refractivity contribution in [3.05, 3.63) is 29.3 Å². The summed E-state index contributed by atoms with van der Waals surface area (Å²) in [4.78, 5) is 11.9. The molecule has 3 heteroatoms. The van der Waals surface area contributed by atoms with Crippen molar-refractivity contribution in [2.24, 2.45) is 0 Å². The summed E-state index contributed by atoms with van der Waals surface area (Å²) in [6, 6.07) is 6.15. The highest BCUT2D eigenvalue weighted by atomic mass is 32.2. The monoisotopic (exact) mass is 235 g/mol. The molecule has 1 amide bonds. The summed E-state index contributed by atoms with van der Waals surface area (Å²) in [5.41, 5.74) is 3.26. The second-order valence-electron chi connectivity index (χ2n) is 4.31. The van der Waals surface area contributed by atoms with Gasteiger partial charge in [0.15, 0.2) is 0 Å². The normalized spacial score (nSPS) is 19.8. The Balaban J connectivity index is 2.07. The minimum Gasteiger partial charge on any atom is -0.325 e. The summed E-state index contributed by atoms with van der Waals surface area (Å²) < 4.78 is 0. The van der Waals surface area contributed by atoms with Crippen LogP contribution in [0.25, 0.3) is 0 Å². The third-order valence-corrected chi connectivity index (χ3v) is 4.25. The highest BCUT2D eigenvalue weighted by Crippen LogP contribution is 2.27. The topological polar surface area (TPSA) is 29.1 Å². The first kappa shape index (κ1) is 11.5. The quantitative estimate of drug-likeness (QED) is 0.853. The zero-order valence-electron chi connectivity index (χ0n) is 9.75. The van der Waals surface area contributed by atoms with Crippen LogP contribution in [0.1, 0.15) is 24.0 Å². The predicted molar refractivity (Wildman–Crippen MR) is 70.0 cm³/mol. The number of carbonyl (C=O) groups excluding carboxylic acids is 1. The van der Waals surface area contributed by atoms with Crippen LogP contribution >= 0.6 is 11.8 Å². The largest absolute Gasteiger partial charge is 0.325 e. The minimum atomic E-state index is 0.153. The number of carbonyl (C=O) groups is 1. The van der Waals surface area contributed by atoms with E-state index >= 15 is 0 Å². The van der Waals surface area contributed by atoms with Crippen LogP contribution in [-0.2, 0) is 4.79 Å². The number of anilines is 1. The fourth-order valence-corrected chi connectivity index (χ4v) is 3.03. The Bertz CT molecular complexity index is 397. The zero-order valence-corrected chi connectivity index (χ0v) is 10.6. The van der Waals surface area contributed by atoms with E-state index in [2.05, 4.69) is 11.4 Å². The van der Waals surface area contributed by atoms with Gasteiger partial charge in [-0.25, -0.2) is 0 Å². The fourth-order valence-electron chi connectivity index (χ4n) is 1.87. The van der Waals surface area contributed by atoms with Gasteiger partial charge in [-0.2, -0.15) is 0 Å². The molecule has 2 rings (SSSR count). The number of thioether (sulfide) groups is 1. The van der Waals surface area contributed by atoms with Crippen molar-refractivity contribution in [1.29, 1.82) is 0 Å². The molecule has 1 aromatic carbocycles. The van der Waals surface area contributed by atoms with E-state index in [9.17, 15) is 4.79 Å². The van der Waals surface area contributed by atoms with Crippen LogP contribution in [0, 0.1) is 13.8 Å². The summed E-state index contributed by atoms with van der Waals surface area (Å²) >= 11 is 1.77. The van der Waals surface area contributed by atoms with E-state index < -0.39 is 0 Å². The van der Waals surface area contributed by atoms with Crippen LogP contribution in [0.2, 0.25) is 0 Å². The number of amides is 1. The van der Waals surface area contributed by atoms with E-state index in [0.29, 0.717) is 0 Å². The summed E-state index contributed by atoms with van der Waals surface area (Å²) in [7, 11) is 0. The molecule has 0 radical (unpaired) electrons. The summed E-state index contributed by atoms with van der Waals surface area (Å²) in [5.74, 6) is 1.28. The Morgan fingerprint density at radius 1 is 1.44 bits per heavy atom. The molecule has 1 atom stereocenters. The maximum absolute atomic E-state index is 11.9. The lowest BCUT2D eigenvalue weighted by Crippen LogP contribution is -2.23. The van der Waals surface area contributed by atoms with Gasteiger partial charge < -0.3 is 5.32 Å². The number of hydrogen-bond acceptors (Lipinski definition) is 2. The first-order valence-electron chi connectivity index (χ1n) is 5.66. The molecule has 1 unspecified atom stereocenters. The van der Waals surface area contributed by atoms with E-state index in [-0.39, 0.29) is 11.2 Å². The number of hydrogen-bond donors (Lipinski definition) is 1. The first-order chi connectivity index (χ1) is 7.66. The molecule has 1 N–H and O–H groups in total. The van der Waals surface area contributed by atoms with Gasteiger partial charge in [0.25, 0.3) is 0 Å². The number of nitrogens with one attached hydrogen (secondary N) is 1. The summed E-state index contributed by atoms with van der Waals surface area (Å²) in [6.07, 6.45) is 2.18. The Labute approximate surface area is 101 Å². The molecule has 2 nitrogen and oxygen atoms in total. The van der Waals surface area contributed by atoms with Crippen molar-refractivity contribution in [2.75, 3.05) is 11.1 Å². The van der Waals surface area contributed by atoms with Crippen molar-refractivity contribution in [3.63, 3.8) is 0 Å². The van der Waals surface area contributed by atoms with Crippen molar-refractivity contribution in [3.8, 4) is 0 Å². The van der Waals surface area contributed by atoms with Gasteiger partial charge in [-0.3, -0.25) is 4.79 Å². The van der Waals surface area contributed by atoms with Gasteiger partial charge in [0.05, 0.1) is 5.25 Å². The molecule has 1 aliphatic heterocycles. The van der Waals surface area contributed by atoms with Gasteiger partial charge in [-0.05, 0) is 49.6 Å². The number of rotatable bonds is 2. The van der Waals surface area contributed by atoms with Gasteiger partial charge in [-0.1, -0.05) is 12.1 Å². The van der Waals surface area contributed by atoms with Gasteiger partial charge in [-0.15, -0.1) is 11.8 Å². The Morgan fingerprint density at radius 2 is 2.25 bits per heavy atom. The van der Waals surface area contributed by atoms with Crippen LogP contribution in [0.3, 0.4) is 0 Å². The van der Waals surface area contributed by atoms with Crippen molar-refractivity contribution >= 4 is 23.4 Å². The molecule has 0 aliphatic carbocycles. The SMILES string of the molecule is Cc1ccc(C)c(NC(=O)C2CCCS2)c1. The van der Waals surface area contributed by atoms with Crippen LogP contribution in [0.15, 0.2) is 18.2 Å². The fraction of sp³-hybridized carbons (Fsp3) is 0.462. The van der Waals surface area contributed by atoms with Crippen molar-refractivity contribution in [2.45, 2.75) is 31.9 Å². The molecule has 0 saturated carbocycles. The second-order valence-corrected chi connectivity index (χ2v) is 5.62. The molecular formula is C13H17NOS. The molecule has 1 aliphatic rings. The predicted octanol–water partition coefficient (Wildman–Crippen LogP) is 3.14. The first-order valence-corrected chi connectivity index (χ1v) is 6.71. The highest BCUT2D eigenvalue weighted by molar-refractivity contribution is 8.00. The molecule has 1 fully saturated rings. The summed E-state index contributed by atoms with van der Waals surface area (Å²) in [5, 5.41) is 3.19. The third-order valence-electron chi connectivity index (χ3n) is 2.87. The van der Waals surface area contributed by atoms with Crippen molar-refractivity contribution in [1.82, 2.24) is 0 Å². The van der Waals surface area contributed by atoms with Crippen LogP contribution in [0.4, 0.5) is 5.69 Å². The molecule has 1 saturated heterocycles. The Kier molecular flexibility index (Phi) is 3.54. The van der Waals surface area contributed by atoms with Gasteiger partial charge in [0.1, 0.15) is 0 Å². The Hall–Kier alpha value is -0.960. The lowest BCUT2D eigenvalue weighted by molar-refractivity contribution is -0.115. The van der Waals surface area contributed by atoms with E-state index in [1.807, 2.05) is 26.0 Å². The minimum absolute atomic E-state index is 0.153. The second kappa shape index (κ2) is 4.91. The molecule has 0 aromatic heterocycles. The smallest absolute Gasteiger partial charge is 0.237 e. The molecule has 0 spiro atoms. The van der Waals surface area contributed by atoms with Gasteiger partial charge >= 0.3 is 0 Å². The Morgan fingerprint density at radius 3 is 2.94 bits per heavy atom. The molecule has 16 heavy (non-hydrogen) atoms. The van der Waals surface area contributed by atoms with E-state index in [1.54, 1.807) is 11.8 Å². The molecule has 86 valence electrons. The standard InChI is InChI=1S/C13H17NOS/c1-9-5-6-10(2)11(8-9)14-13(15)12-4-3-7-16-12/h5-6,8,12H,3-4,7H2,1-2H3,(H,14,15). The summed E-state index contributed by atoms with van der Waals surface area (Å²) in [6.45, 7) is 4.07. The average Bonchev–Trinajstić information content (AvgIpc) is 2.76. The van der Waals surface area contributed by atoms with E-state index in [1.165, 1.54) is 5.56 Å². The molecular weight excluding hydrogens is 218 g/mol. The zero-order chi connectivity index (χ0) is 11.5. The van der Waals surface area contributed by atoms with E-state index in [4.69, 9.17) is 0 Å². The van der Waals surface area contributed by atoms with Crippen LogP contribution in [0.5, 0.6) is 0 Å². The molecule has 1 heterocycles. The average molecular weight is 235 g/mol.